The zero-order valence-electron chi connectivity index (χ0n) is 10.9. The average molecular weight is 286 g/mol. The number of fused-ring (bicyclic) bond motifs is 1. The lowest BCUT2D eigenvalue weighted by molar-refractivity contribution is 1.07. The number of hydrazine groups is 1. The number of aryl methyl sites for hydroxylation is 1. The maximum Gasteiger partial charge on any atom is 0.239 e. The summed E-state index contributed by atoms with van der Waals surface area (Å²) < 4.78 is 0. The van der Waals surface area contributed by atoms with E-state index in [1.165, 1.54) is 4.88 Å². The Bertz CT molecular complexity index is 739. The van der Waals surface area contributed by atoms with Crippen molar-refractivity contribution in [3.63, 3.8) is 0 Å². The molecule has 1 aromatic carbocycles. The number of aromatic nitrogens is 3. The third-order valence-electron chi connectivity index (χ3n) is 2.81. The minimum absolute atomic E-state index is 0.390. The Morgan fingerprint density at radius 1 is 1.25 bits per heavy atom. The number of nitrogens with two attached hydrogens (primary N) is 1. The number of thiazole rings is 1. The smallest absolute Gasteiger partial charge is 0.239 e. The van der Waals surface area contributed by atoms with Gasteiger partial charge in [0, 0.05) is 16.5 Å². The molecule has 0 amide bonds. The Morgan fingerprint density at radius 3 is 2.85 bits per heavy atom. The van der Waals surface area contributed by atoms with Gasteiger partial charge in [-0.2, -0.15) is 4.98 Å². The van der Waals surface area contributed by atoms with Crippen LogP contribution >= 0.6 is 11.3 Å². The average Bonchev–Trinajstić information content (AvgIpc) is 2.90. The first-order valence-corrected chi connectivity index (χ1v) is 6.96. The molecule has 2 aromatic heterocycles. The van der Waals surface area contributed by atoms with Crippen LogP contribution in [0.25, 0.3) is 10.9 Å². The molecule has 20 heavy (non-hydrogen) atoms. The van der Waals surface area contributed by atoms with Crippen LogP contribution in [-0.4, -0.2) is 15.0 Å². The third-order valence-corrected chi connectivity index (χ3v) is 3.72. The molecule has 0 unspecified atom stereocenters. The Morgan fingerprint density at radius 2 is 2.10 bits per heavy atom. The molecule has 3 aromatic rings. The van der Waals surface area contributed by atoms with E-state index < -0.39 is 0 Å². The lowest BCUT2D eigenvalue weighted by Gasteiger charge is -2.09. The number of rotatable bonds is 4. The van der Waals surface area contributed by atoms with Crippen LogP contribution in [0, 0.1) is 6.92 Å². The topological polar surface area (TPSA) is 88.8 Å². The highest BCUT2D eigenvalue weighted by molar-refractivity contribution is 7.11. The van der Waals surface area contributed by atoms with E-state index in [0.717, 1.165) is 21.7 Å². The second-order valence-electron chi connectivity index (χ2n) is 4.28. The van der Waals surface area contributed by atoms with Crippen molar-refractivity contribution < 1.29 is 0 Å². The van der Waals surface area contributed by atoms with Gasteiger partial charge in [-0.3, -0.25) is 5.43 Å². The molecule has 0 spiro atoms. The molecule has 4 N–H and O–H groups in total. The van der Waals surface area contributed by atoms with Gasteiger partial charge in [0.15, 0.2) is 0 Å². The first kappa shape index (κ1) is 12.8. The first-order chi connectivity index (χ1) is 9.76. The molecule has 2 heterocycles. The summed E-state index contributed by atoms with van der Waals surface area (Å²) in [6, 6.07) is 7.80. The van der Waals surface area contributed by atoms with E-state index in [4.69, 9.17) is 5.84 Å². The van der Waals surface area contributed by atoms with E-state index in [-0.39, 0.29) is 0 Å². The van der Waals surface area contributed by atoms with Gasteiger partial charge < -0.3 is 5.32 Å². The van der Waals surface area contributed by atoms with Crippen molar-refractivity contribution in [1.82, 2.24) is 15.0 Å². The predicted octanol–water partition coefficient (Wildman–Crippen LogP) is 2.29. The number of hydrogen-bond acceptors (Lipinski definition) is 7. The predicted molar refractivity (Wildman–Crippen MR) is 81.5 cm³/mol. The van der Waals surface area contributed by atoms with Gasteiger partial charge in [-0.25, -0.2) is 15.8 Å². The van der Waals surface area contributed by atoms with Gasteiger partial charge in [-0.1, -0.05) is 12.1 Å². The molecule has 0 radical (unpaired) electrons. The van der Waals surface area contributed by atoms with Crippen molar-refractivity contribution in [2.45, 2.75) is 13.5 Å². The number of hydrogen-bond donors (Lipinski definition) is 3. The number of benzene rings is 1. The van der Waals surface area contributed by atoms with E-state index >= 15 is 0 Å². The summed E-state index contributed by atoms with van der Waals surface area (Å²) in [6.45, 7) is 2.67. The summed E-state index contributed by atoms with van der Waals surface area (Å²) in [4.78, 5) is 14.2. The van der Waals surface area contributed by atoms with Crippen molar-refractivity contribution in [3.05, 3.63) is 40.3 Å². The SMILES string of the molecule is Cc1cnc(CNc2nc(NN)nc3ccccc23)s1. The minimum Gasteiger partial charge on any atom is -0.363 e. The molecule has 7 heteroatoms. The van der Waals surface area contributed by atoms with Crippen LogP contribution in [-0.2, 0) is 6.54 Å². The van der Waals surface area contributed by atoms with Crippen molar-refractivity contribution in [2.24, 2.45) is 5.84 Å². The molecule has 0 bridgehead atoms. The third kappa shape index (κ3) is 2.54. The zero-order valence-corrected chi connectivity index (χ0v) is 11.7. The summed E-state index contributed by atoms with van der Waals surface area (Å²) in [7, 11) is 0. The van der Waals surface area contributed by atoms with Crippen LogP contribution in [0.4, 0.5) is 11.8 Å². The van der Waals surface area contributed by atoms with Gasteiger partial charge in [0.1, 0.15) is 10.8 Å². The van der Waals surface area contributed by atoms with Crippen LogP contribution in [0.2, 0.25) is 0 Å². The molecule has 0 aliphatic heterocycles. The molecule has 6 nitrogen and oxygen atoms in total. The highest BCUT2D eigenvalue weighted by atomic mass is 32.1. The van der Waals surface area contributed by atoms with Gasteiger partial charge in [0.05, 0.1) is 12.1 Å². The summed E-state index contributed by atoms with van der Waals surface area (Å²) in [6.07, 6.45) is 1.87. The maximum absolute atomic E-state index is 5.41. The highest BCUT2D eigenvalue weighted by Crippen LogP contribution is 2.22. The number of anilines is 2. The quantitative estimate of drug-likeness (QED) is 0.504. The van der Waals surface area contributed by atoms with Crippen molar-refractivity contribution in [3.8, 4) is 0 Å². The van der Waals surface area contributed by atoms with Gasteiger partial charge in [0.2, 0.25) is 5.95 Å². The van der Waals surface area contributed by atoms with E-state index in [2.05, 4.69) is 25.7 Å². The summed E-state index contributed by atoms with van der Waals surface area (Å²) in [5.74, 6) is 6.54. The number of para-hydroxylation sites is 1. The molecule has 0 aliphatic carbocycles. The fraction of sp³-hybridized carbons (Fsp3) is 0.154. The van der Waals surface area contributed by atoms with Crippen LogP contribution in [0.1, 0.15) is 9.88 Å². The van der Waals surface area contributed by atoms with Gasteiger partial charge in [0.25, 0.3) is 0 Å². The number of nitrogen functional groups attached to an aromatic ring is 1. The van der Waals surface area contributed by atoms with E-state index in [9.17, 15) is 0 Å². The number of nitrogens with zero attached hydrogens (tertiary/aromatic N) is 3. The van der Waals surface area contributed by atoms with Gasteiger partial charge in [-0.15, -0.1) is 11.3 Å². The molecule has 0 saturated carbocycles. The molecular formula is C13H14N6S. The lowest BCUT2D eigenvalue weighted by atomic mass is 10.2. The van der Waals surface area contributed by atoms with Gasteiger partial charge >= 0.3 is 0 Å². The molecule has 0 aliphatic rings. The monoisotopic (exact) mass is 286 g/mol. The summed E-state index contributed by atoms with van der Waals surface area (Å²) in [5.41, 5.74) is 3.33. The Kier molecular flexibility index (Phi) is 3.44. The van der Waals surface area contributed by atoms with E-state index in [0.29, 0.717) is 12.5 Å². The first-order valence-electron chi connectivity index (χ1n) is 6.15. The Hall–Kier alpha value is -2.25. The largest absolute Gasteiger partial charge is 0.363 e. The molecule has 0 saturated heterocycles. The van der Waals surface area contributed by atoms with Crippen LogP contribution < -0.4 is 16.6 Å². The van der Waals surface area contributed by atoms with Gasteiger partial charge in [-0.05, 0) is 19.1 Å². The van der Waals surface area contributed by atoms with Crippen molar-refractivity contribution >= 4 is 34.0 Å². The Balaban J connectivity index is 1.93. The second-order valence-corrected chi connectivity index (χ2v) is 5.59. The molecule has 102 valence electrons. The van der Waals surface area contributed by atoms with E-state index in [1.54, 1.807) is 11.3 Å². The second kappa shape index (κ2) is 5.40. The lowest BCUT2D eigenvalue weighted by Crippen LogP contribution is -2.12. The zero-order chi connectivity index (χ0) is 13.9. The highest BCUT2D eigenvalue weighted by Gasteiger charge is 2.07. The maximum atomic E-state index is 5.41. The molecule has 0 fully saturated rings. The molecular weight excluding hydrogens is 272 g/mol. The normalized spacial score (nSPS) is 10.7. The van der Waals surface area contributed by atoms with Crippen LogP contribution in [0.5, 0.6) is 0 Å². The van der Waals surface area contributed by atoms with Crippen LogP contribution in [0.3, 0.4) is 0 Å². The standard InChI is InChI=1S/C13H14N6S/c1-8-6-15-11(20-8)7-16-12-9-4-2-3-5-10(9)17-13(18-12)19-14/h2-6H,7,14H2,1H3,(H2,16,17,18,19). The van der Waals surface area contributed by atoms with Crippen molar-refractivity contribution in [1.29, 1.82) is 0 Å². The van der Waals surface area contributed by atoms with Crippen LogP contribution in [0.15, 0.2) is 30.5 Å². The fourth-order valence-corrected chi connectivity index (χ4v) is 2.65. The summed E-state index contributed by atoms with van der Waals surface area (Å²) >= 11 is 1.66. The van der Waals surface area contributed by atoms with Crippen molar-refractivity contribution in [2.75, 3.05) is 10.7 Å². The number of nitrogens with one attached hydrogen (secondary N) is 2. The molecule has 3 rings (SSSR count). The minimum atomic E-state index is 0.390. The molecule has 0 atom stereocenters. The summed E-state index contributed by atoms with van der Waals surface area (Å²) in [5, 5.41) is 5.27. The van der Waals surface area contributed by atoms with E-state index in [1.807, 2.05) is 37.4 Å². The fourth-order valence-electron chi connectivity index (χ4n) is 1.92. The Labute approximate surface area is 120 Å².